The lowest BCUT2D eigenvalue weighted by Crippen LogP contribution is -2.08. The van der Waals surface area contributed by atoms with Gasteiger partial charge < -0.3 is 9.72 Å². The van der Waals surface area contributed by atoms with Crippen LogP contribution in [0.3, 0.4) is 0 Å². The van der Waals surface area contributed by atoms with E-state index >= 15 is 0 Å². The first-order valence-corrected chi connectivity index (χ1v) is 7.50. The van der Waals surface area contributed by atoms with Crippen LogP contribution in [0.5, 0.6) is 5.88 Å². The summed E-state index contributed by atoms with van der Waals surface area (Å²) in [5.41, 5.74) is 3.34. The highest BCUT2D eigenvalue weighted by molar-refractivity contribution is 5.76. The Bertz CT molecular complexity index is 985. The Morgan fingerprint density at radius 3 is 2.58 bits per heavy atom. The smallest absolute Gasteiger partial charge is 0.309 e. The molecule has 0 saturated carbocycles. The van der Waals surface area contributed by atoms with Crippen molar-refractivity contribution >= 4 is 17.0 Å². The summed E-state index contributed by atoms with van der Waals surface area (Å²) in [4.78, 5) is 19.1. The van der Waals surface area contributed by atoms with Crippen LogP contribution in [0.1, 0.15) is 6.92 Å². The molecule has 0 aliphatic carbocycles. The number of hydrogen-bond donors (Lipinski definition) is 1. The first kappa shape index (κ1) is 14.2. The highest BCUT2D eigenvalue weighted by Crippen LogP contribution is 2.26. The average Bonchev–Trinajstić information content (AvgIpc) is 3.18. The molecule has 24 heavy (non-hydrogen) atoms. The Labute approximate surface area is 137 Å². The molecule has 0 unspecified atom stereocenters. The van der Waals surface area contributed by atoms with E-state index in [0.29, 0.717) is 17.5 Å². The molecule has 6 nitrogen and oxygen atoms in total. The lowest BCUT2D eigenvalue weighted by atomic mass is 10.2. The van der Waals surface area contributed by atoms with E-state index in [4.69, 9.17) is 4.74 Å². The van der Waals surface area contributed by atoms with E-state index in [1.807, 2.05) is 54.6 Å². The summed E-state index contributed by atoms with van der Waals surface area (Å²) in [7, 11) is 0. The van der Waals surface area contributed by atoms with Crippen LogP contribution in [0.2, 0.25) is 0 Å². The Morgan fingerprint density at radius 2 is 1.83 bits per heavy atom. The molecule has 2 aromatic heterocycles. The topological polar surface area (TPSA) is 72.8 Å². The van der Waals surface area contributed by atoms with Crippen molar-refractivity contribution in [2.75, 3.05) is 0 Å². The van der Waals surface area contributed by atoms with Crippen molar-refractivity contribution in [3.63, 3.8) is 0 Å². The molecule has 0 aliphatic rings. The second kappa shape index (κ2) is 5.66. The second-order valence-corrected chi connectivity index (χ2v) is 5.32. The Hall–Kier alpha value is -3.41. The number of aromatic nitrogens is 4. The number of hydrogen-bond acceptors (Lipinski definition) is 4. The van der Waals surface area contributed by atoms with Crippen LogP contribution in [0, 0.1) is 0 Å². The van der Waals surface area contributed by atoms with E-state index in [-0.39, 0.29) is 0 Å². The molecule has 6 heteroatoms. The number of rotatable bonds is 3. The van der Waals surface area contributed by atoms with Gasteiger partial charge in [-0.3, -0.25) is 4.79 Å². The van der Waals surface area contributed by atoms with Gasteiger partial charge in [-0.1, -0.05) is 42.5 Å². The van der Waals surface area contributed by atoms with Gasteiger partial charge in [-0.05, 0) is 12.1 Å². The average molecular weight is 318 g/mol. The molecule has 0 atom stereocenters. The summed E-state index contributed by atoms with van der Waals surface area (Å²) in [5, 5.41) is 4.54. The highest BCUT2D eigenvalue weighted by Gasteiger charge is 2.16. The van der Waals surface area contributed by atoms with Crippen molar-refractivity contribution in [1.29, 1.82) is 0 Å². The van der Waals surface area contributed by atoms with Gasteiger partial charge in [-0.25, -0.2) is 4.98 Å². The molecule has 2 aromatic carbocycles. The molecule has 0 fully saturated rings. The van der Waals surface area contributed by atoms with Gasteiger partial charge in [-0.15, -0.1) is 0 Å². The molecule has 0 radical (unpaired) electrons. The number of para-hydroxylation sites is 2. The lowest BCUT2D eigenvalue weighted by molar-refractivity contribution is -0.132. The van der Waals surface area contributed by atoms with E-state index in [1.165, 1.54) is 11.6 Å². The van der Waals surface area contributed by atoms with Gasteiger partial charge in [0.05, 0.1) is 16.7 Å². The molecule has 0 aliphatic heterocycles. The lowest BCUT2D eigenvalue weighted by Gasteiger charge is -2.02. The SMILES string of the molecule is CC(=O)Oc1cc(-c2ccccc2)nn1-c1nc2ccccc2[nH]1. The van der Waals surface area contributed by atoms with Gasteiger partial charge in [0, 0.05) is 18.6 Å². The minimum absolute atomic E-state index is 0.320. The van der Waals surface area contributed by atoms with E-state index in [1.54, 1.807) is 6.07 Å². The Morgan fingerprint density at radius 1 is 1.08 bits per heavy atom. The predicted octanol–water partition coefficient (Wildman–Crippen LogP) is 3.34. The second-order valence-electron chi connectivity index (χ2n) is 5.32. The predicted molar refractivity (Wildman–Crippen MR) is 90.0 cm³/mol. The van der Waals surface area contributed by atoms with Gasteiger partial charge in [-0.2, -0.15) is 9.78 Å². The van der Waals surface area contributed by atoms with Crippen molar-refractivity contribution in [2.45, 2.75) is 6.92 Å². The fourth-order valence-electron chi connectivity index (χ4n) is 2.53. The normalized spacial score (nSPS) is 10.9. The first-order valence-electron chi connectivity index (χ1n) is 7.50. The summed E-state index contributed by atoms with van der Waals surface area (Å²) in [5.74, 6) is 0.405. The van der Waals surface area contributed by atoms with E-state index in [2.05, 4.69) is 15.1 Å². The number of benzene rings is 2. The first-order chi connectivity index (χ1) is 11.7. The van der Waals surface area contributed by atoms with Crippen molar-refractivity contribution in [3.8, 4) is 23.1 Å². The number of imidazole rings is 1. The van der Waals surface area contributed by atoms with Gasteiger partial charge in [0.2, 0.25) is 11.8 Å². The largest absolute Gasteiger partial charge is 0.407 e. The number of nitrogens with zero attached hydrogens (tertiary/aromatic N) is 3. The van der Waals surface area contributed by atoms with E-state index in [9.17, 15) is 4.79 Å². The quantitative estimate of drug-likeness (QED) is 0.588. The summed E-state index contributed by atoms with van der Waals surface area (Å²) in [6.07, 6.45) is 0. The van der Waals surface area contributed by atoms with Gasteiger partial charge in [0.1, 0.15) is 0 Å². The number of esters is 1. The van der Waals surface area contributed by atoms with Crippen LogP contribution >= 0.6 is 0 Å². The maximum atomic E-state index is 11.4. The Kier molecular flexibility index (Phi) is 3.35. The Balaban J connectivity index is 1.86. The number of carbonyl (C=O) groups is 1. The van der Waals surface area contributed by atoms with Gasteiger partial charge in [0.15, 0.2) is 0 Å². The zero-order valence-corrected chi connectivity index (χ0v) is 12.9. The molecule has 4 rings (SSSR count). The molecular formula is C18H14N4O2. The minimum Gasteiger partial charge on any atom is -0.407 e. The fourth-order valence-corrected chi connectivity index (χ4v) is 2.53. The number of ether oxygens (including phenoxy) is 1. The van der Waals surface area contributed by atoms with Crippen LogP contribution in [-0.4, -0.2) is 25.7 Å². The van der Waals surface area contributed by atoms with Crippen molar-refractivity contribution < 1.29 is 9.53 Å². The highest BCUT2D eigenvalue weighted by atomic mass is 16.5. The van der Waals surface area contributed by atoms with Crippen molar-refractivity contribution in [1.82, 2.24) is 19.7 Å². The van der Waals surface area contributed by atoms with Crippen LogP contribution in [0.4, 0.5) is 0 Å². The molecule has 4 aromatic rings. The van der Waals surface area contributed by atoms with E-state index in [0.717, 1.165) is 16.6 Å². The zero-order valence-electron chi connectivity index (χ0n) is 12.9. The zero-order chi connectivity index (χ0) is 16.5. The maximum Gasteiger partial charge on any atom is 0.309 e. The molecule has 0 bridgehead atoms. The minimum atomic E-state index is -0.410. The number of H-pyrrole nitrogens is 1. The van der Waals surface area contributed by atoms with E-state index < -0.39 is 5.97 Å². The fraction of sp³-hybridized carbons (Fsp3) is 0.0556. The molecule has 2 heterocycles. The number of aromatic amines is 1. The third-order valence-corrected chi connectivity index (χ3v) is 3.57. The molecule has 0 spiro atoms. The summed E-state index contributed by atoms with van der Waals surface area (Å²) in [6.45, 7) is 1.36. The van der Waals surface area contributed by atoms with Crippen LogP contribution in [0.15, 0.2) is 60.7 Å². The molecular weight excluding hydrogens is 304 g/mol. The third-order valence-electron chi connectivity index (χ3n) is 3.57. The summed E-state index contributed by atoms with van der Waals surface area (Å²) >= 11 is 0. The summed E-state index contributed by atoms with van der Waals surface area (Å²) < 4.78 is 6.80. The van der Waals surface area contributed by atoms with Gasteiger partial charge >= 0.3 is 5.97 Å². The third kappa shape index (κ3) is 2.54. The van der Waals surface area contributed by atoms with Crippen LogP contribution in [0.25, 0.3) is 28.2 Å². The number of nitrogens with one attached hydrogen (secondary N) is 1. The van der Waals surface area contributed by atoms with Crippen LogP contribution in [-0.2, 0) is 4.79 Å². The summed E-state index contributed by atoms with van der Waals surface area (Å²) in [6, 6.07) is 19.1. The van der Waals surface area contributed by atoms with Crippen molar-refractivity contribution in [3.05, 3.63) is 60.7 Å². The number of carbonyl (C=O) groups excluding carboxylic acids is 1. The van der Waals surface area contributed by atoms with Gasteiger partial charge in [0.25, 0.3) is 0 Å². The van der Waals surface area contributed by atoms with Crippen molar-refractivity contribution in [2.24, 2.45) is 0 Å². The molecule has 0 saturated heterocycles. The van der Waals surface area contributed by atoms with Crippen LogP contribution < -0.4 is 4.74 Å². The standard InChI is InChI=1S/C18H14N4O2/c1-12(23)24-17-11-16(13-7-3-2-4-8-13)21-22(17)18-19-14-9-5-6-10-15(14)20-18/h2-11H,1H3,(H,19,20). The molecule has 0 amide bonds. The molecule has 118 valence electrons. The molecule has 1 N–H and O–H groups in total. The monoisotopic (exact) mass is 318 g/mol. The number of fused-ring (bicyclic) bond motifs is 1. The maximum absolute atomic E-state index is 11.4.